The van der Waals surface area contributed by atoms with Crippen LogP contribution in [0.4, 0.5) is 5.69 Å². The second-order valence-corrected chi connectivity index (χ2v) is 8.17. The number of amides is 1. The molecule has 140 valence electrons. The van der Waals surface area contributed by atoms with Gasteiger partial charge in [0, 0.05) is 12.1 Å². The van der Waals surface area contributed by atoms with Crippen LogP contribution in [0.3, 0.4) is 0 Å². The number of sulfonamides is 1. The van der Waals surface area contributed by atoms with Crippen LogP contribution in [-0.2, 0) is 14.8 Å². The van der Waals surface area contributed by atoms with E-state index in [1.54, 1.807) is 25.1 Å². The third kappa shape index (κ3) is 5.01. The molecule has 1 aliphatic rings. The smallest absolute Gasteiger partial charge is 0.240 e. The number of hydrogen-bond donors (Lipinski definition) is 1. The van der Waals surface area contributed by atoms with Gasteiger partial charge < -0.3 is 14.8 Å². The SMILES string of the molecule is CCCC(C)NC(=O)CN(c1ccc2c(c1)OCCO2)S(=O)(=O)CC. The minimum atomic E-state index is -3.61. The lowest BCUT2D eigenvalue weighted by molar-refractivity contribution is -0.120. The van der Waals surface area contributed by atoms with Gasteiger partial charge in [0.2, 0.25) is 15.9 Å². The molecule has 1 aromatic carbocycles. The zero-order chi connectivity index (χ0) is 18.4. The first-order valence-corrected chi connectivity index (χ1v) is 10.2. The Morgan fingerprint density at radius 1 is 1.24 bits per heavy atom. The average molecular weight is 370 g/mol. The van der Waals surface area contributed by atoms with Crippen molar-refractivity contribution in [2.45, 2.75) is 39.7 Å². The van der Waals surface area contributed by atoms with Crippen molar-refractivity contribution in [2.75, 3.05) is 29.8 Å². The van der Waals surface area contributed by atoms with Crippen molar-refractivity contribution < 1.29 is 22.7 Å². The van der Waals surface area contributed by atoms with E-state index in [0.29, 0.717) is 30.4 Å². The van der Waals surface area contributed by atoms with Crippen molar-refractivity contribution in [1.82, 2.24) is 5.32 Å². The third-order valence-corrected chi connectivity index (χ3v) is 5.67. The summed E-state index contributed by atoms with van der Waals surface area (Å²) in [5.74, 6) is 0.636. The Morgan fingerprint density at radius 3 is 2.56 bits per heavy atom. The number of hydrogen-bond acceptors (Lipinski definition) is 5. The molecule has 1 heterocycles. The van der Waals surface area contributed by atoms with Gasteiger partial charge >= 0.3 is 0 Å². The number of carbonyl (C=O) groups is 1. The summed E-state index contributed by atoms with van der Waals surface area (Å²) in [6.07, 6.45) is 1.79. The summed E-state index contributed by atoms with van der Waals surface area (Å²) in [6, 6.07) is 4.90. The van der Waals surface area contributed by atoms with Gasteiger partial charge in [0.05, 0.1) is 11.4 Å². The van der Waals surface area contributed by atoms with Gasteiger partial charge in [0.1, 0.15) is 19.8 Å². The van der Waals surface area contributed by atoms with Gasteiger partial charge in [0.25, 0.3) is 0 Å². The Hall–Kier alpha value is -1.96. The van der Waals surface area contributed by atoms with Crippen LogP contribution in [0.2, 0.25) is 0 Å². The molecule has 1 amide bonds. The Balaban J connectivity index is 2.23. The van der Waals surface area contributed by atoms with E-state index in [-0.39, 0.29) is 24.2 Å². The molecule has 0 spiro atoms. The minimum absolute atomic E-state index is 0.00365. The van der Waals surface area contributed by atoms with Crippen molar-refractivity contribution >= 4 is 21.6 Å². The van der Waals surface area contributed by atoms with E-state index in [9.17, 15) is 13.2 Å². The van der Waals surface area contributed by atoms with Gasteiger partial charge in [-0.1, -0.05) is 13.3 Å². The maximum atomic E-state index is 12.5. The first kappa shape index (κ1) is 19.4. The molecular weight excluding hydrogens is 344 g/mol. The number of nitrogens with zero attached hydrogens (tertiary/aromatic N) is 1. The molecule has 2 rings (SSSR count). The van der Waals surface area contributed by atoms with Crippen molar-refractivity contribution in [3.8, 4) is 11.5 Å². The maximum Gasteiger partial charge on any atom is 0.240 e. The van der Waals surface area contributed by atoms with Crippen molar-refractivity contribution in [1.29, 1.82) is 0 Å². The summed E-state index contributed by atoms with van der Waals surface area (Å²) in [5.41, 5.74) is 0.393. The molecule has 25 heavy (non-hydrogen) atoms. The zero-order valence-corrected chi connectivity index (χ0v) is 15.8. The molecule has 0 saturated carbocycles. The summed E-state index contributed by atoms with van der Waals surface area (Å²) in [4.78, 5) is 12.3. The van der Waals surface area contributed by atoms with E-state index in [0.717, 1.165) is 17.1 Å². The van der Waals surface area contributed by atoms with Crippen LogP contribution in [0.1, 0.15) is 33.6 Å². The molecule has 1 unspecified atom stereocenters. The van der Waals surface area contributed by atoms with E-state index in [1.807, 2.05) is 13.8 Å². The summed E-state index contributed by atoms with van der Waals surface area (Å²) >= 11 is 0. The molecule has 1 N–H and O–H groups in total. The van der Waals surface area contributed by atoms with Crippen molar-refractivity contribution in [2.24, 2.45) is 0 Å². The molecule has 0 aromatic heterocycles. The standard InChI is InChI=1S/C17H26N2O5S/c1-4-6-13(3)18-17(20)12-19(25(21,22)5-2)14-7-8-15-16(11-14)24-10-9-23-15/h7-8,11,13H,4-6,9-10,12H2,1-3H3,(H,18,20). The zero-order valence-electron chi connectivity index (χ0n) is 14.9. The predicted octanol–water partition coefficient (Wildman–Crippen LogP) is 1.92. The number of carbonyl (C=O) groups excluding carboxylic acids is 1. The maximum absolute atomic E-state index is 12.5. The summed E-state index contributed by atoms with van der Waals surface area (Å²) in [5, 5.41) is 2.84. The molecule has 8 heteroatoms. The highest BCUT2D eigenvalue weighted by molar-refractivity contribution is 7.92. The molecule has 0 aliphatic carbocycles. The van der Waals surface area contributed by atoms with E-state index < -0.39 is 10.0 Å². The fourth-order valence-corrected chi connectivity index (χ4v) is 3.71. The van der Waals surface area contributed by atoms with Crippen LogP contribution in [0.25, 0.3) is 0 Å². The van der Waals surface area contributed by atoms with Gasteiger partial charge in [-0.15, -0.1) is 0 Å². The Labute approximate surface area is 149 Å². The Kier molecular flexibility index (Phi) is 6.52. The van der Waals surface area contributed by atoms with Crippen LogP contribution in [0, 0.1) is 0 Å². The quantitative estimate of drug-likeness (QED) is 0.756. The van der Waals surface area contributed by atoms with Gasteiger partial charge in [-0.25, -0.2) is 8.42 Å². The predicted molar refractivity (Wildman–Crippen MR) is 96.8 cm³/mol. The second kappa shape index (κ2) is 8.42. The lowest BCUT2D eigenvalue weighted by Gasteiger charge is -2.26. The summed E-state index contributed by atoms with van der Waals surface area (Å²) in [7, 11) is -3.61. The van der Waals surface area contributed by atoms with Crippen LogP contribution >= 0.6 is 0 Å². The first-order chi connectivity index (χ1) is 11.9. The summed E-state index contributed by atoms with van der Waals surface area (Å²) < 4.78 is 37.1. The minimum Gasteiger partial charge on any atom is -0.486 e. The van der Waals surface area contributed by atoms with Crippen molar-refractivity contribution in [3.05, 3.63) is 18.2 Å². The molecule has 1 aliphatic heterocycles. The lowest BCUT2D eigenvalue weighted by atomic mass is 10.2. The number of fused-ring (bicyclic) bond motifs is 1. The van der Waals surface area contributed by atoms with Crippen molar-refractivity contribution in [3.63, 3.8) is 0 Å². The second-order valence-electron chi connectivity index (χ2n) is 5.99. The third-order valence-electron chi connectivity index (χ3n) is 3.93. The topological polar surface area (TPSA) is 84.9 Å². The molecule has 0 saturated heterocycles. The van der Waals surface area contributed by atoms with E-state index in [4.69, 9.17) is 9.47 Å². The molecule has 1 atom stereocenters. The fraction of sp³-hybridized carbons (Fsp3) is 0.588. The highest BCUT2D eigenvalue weighted by atomic mass is 32.2. The highest BCUT2D eigenvalue weighted by Gasteiger charge is 2.25. The molecule has 0 fully saturated rings. The fourth-order valence-electron chi connectivity index (χ4n) is 2.65. The number of nitrogens with one attached hydrogen (secondary N) is 1. The van der Waals surface area contributed by atoms with Gasteiger partial charge in [-0.05, 0) is 32.4 Å². The lowest BCUT2D eigenvalue weighted by Crippen LogP contribution is -2.44. The van der Waals surface area contributed by atoms with Gasteiger partial charge in [0.15, 0.2) is 11.5 Å². The number of ether oxygens (including phenoxy) is 2. The Morgan fingerprint density at radius 2 is 1.92 bits per heavy atom. The normalized spacial score (nSPS) is 14.7. The monoisotopic (exact) mass is 370 g/mol. The van der Waals surface area contributed by atoms with E-state index in [2.05, 4.69) is 5.32 Å². The van der Waals surface area contributed by atoms with Crippen LogP contribution in [0.15, 0.2) is 18.2 Å². The molecule has 0 bridgehead atoms. The molecular formula is C17H26N2O5S. The van der Waals surface area contributed by atoms with Crippen LogP contribution in [-0.4, -0.2) is 45.9 Å². The van der Waals surface area contributed by atoms with E-state index >= 15 is 0 Å². The number of benzene rings is 1. The molecule has 1 aromatic rings. The first-order valence-electron chi connectivity index (χ1n) is 8.56. The van der Waals surface area contributed by atoms with Gasteiger partial charge in [-0.2, -0.15) is 0 Å². The largest absolute Gasteiger partial charge is 0.486 e. The van der Waals surface area contributed by atoms with Crippen LogP contribution < -0.4 is 19.1 Å². The average Bonchev–Trinajstić information content (AvgIpc) is 2.59. The van der Waals surface area contributed by atoms with Crippen LogP contribution in [0.5, 0.6) is 11.5 Å². The molecule has 7 nitrogen and oxygen atoms in total. The van der Waals surface area contributed by atoms with E-state index in [1.165, 1.54) is 0 Å². The molecule has 0 radical (unpaired) electrons. The van der Waals surface area contributed by atoms with Gasteiger partial charge in [-0.3, -0.25) is 9.10 Å². The number of rotatable bonds is 8. The number of anilines is 1. The summed E-state index contributed by atoms with van der Waals surface area (Å²) in [6.45, 7) is 6.10. The highest BCUT2D eigenvalue weighted by Crippen LogP contribution is 2.34. The Bertz CT molecular complexity index is 705.